The number of hydrogen-bond donors (Lipinski definition) is 0. The van der Waals surface area contributed by atoms with E-state index < -0.39 is 0 Å². The number of hydrogen-bond acceptors (Lipinski definition) is 3. The third-order valence-corrected chi connectivity index (χ3v) is 4.43. The molecule has 0 spiro atoms. The number of rotatable bonds is 3. The average molecular weight is 310 g/mol. The van der Waals surface area contributed by atoms with Gasteiger partial charge in [-0.3, -0.25) is 4.90 Å². The predicted molar refractivity (Wildman–Crippen MR) is 78.1 cm³/mol. The van der Waals surface area contributed by atoms with Crippen molar-refractivity contribution in [2.24, 2.45) is 5.92 Å². The van der Waals surface area contributed by atoms with Crippen LogP contribution in [0.25, 0.3) is 0 Å². The number of anilines is 1. The van der Waals surface area contributed by atoms with Gasteiger partial charge in [0.05, 0.1) is 4.47 Å². The van der Waals surface area contributed by atoms with E-state index in [0.717, 1.165) is 29.3 Å². The fraction of sp³-hybridized carbons (Fsp3) is 0.643. The molecule has 1 aromatic rings. The normalized spacial score (nSPS) is 21.3. The Bertz CT molecular complexity index is 423. The minimum absolute atomic E-state index is 1.00. The zero-order chi connectivity index (χ0) is 12.5. The monoisotopic (exact) mass is 309 g/mol. The third-order valence-electron chi connectivity index (χ3n) is 3.84. The minimum Gasteiger partial charge on any atom is -0.353 e. The molecule has 0 N–H and O–H groups in total. The molecule has 0 atom stereocenters. The van der Waals surface area contributed by atoms with Gasteiger partial charge in [-0.15, -0.1) is 0 Å². The lowest BCUT2D eigenvalue weighted by molar-refractivity contribution is 0.247. The van der Waals surface area contributed by atoms with Crippen molar-refractivity contribution in [2.75, 3.05) is 37.6 Å². The highest BCUT2D eigenvalue weighted by Gasteiger charge is 2.27. The molecule has 98 valence electrons. The van der Waals surface area contributed by atoms with Crippen LogP contribution in [-0.2, 0) is 0 Å². The molecule has 4 heteroatoms. The van der Waals surface area contributed by atoms with Gasteiger partial charge in [0.25, 0.3) is 0 Å². The van der Waals surface area contributed by atoms with Gasteiger partial charge in [-0.2, -0.15) is 0 Å². The Morgan fingerprint density at radius 3 is 2.61 bits per heavy atom. The summed E-state index contributed by atoms with van der Waals surface area (Å²) >= 11 is 3.63. The molecule has 1 saturated heterocycles. The van der Waals surface area contributed by atoms with E-state index in [0.29, 0.717) is 0 Å². The molecule has 2 aliphatic rings. The van der Waals surface area contributed by atoms with Gasteiger partial charge in [0.15, 0.2) is 0 Å². The summed E-state index contributed by atoms with van der Waals surface area (Å²) in [5.41, 5.74) is 1.21. The van der Waals surface area contributed by atoms with E-state index in [2.05, 4.69) is 43.7 Å². The first kappa shape index (κ1) is 12.4. The van der Waals surface area contributed by atoms with E-state index in [1.54, 1.807) is 0 Å². The van der Waals surface area contributed by atoms with Gasteiger partial charge in [-0.05, 0) is 53.2 Å². The summed E-state index contributed by atoms with van der Waals surface area (Å²) in [5.74, 6) is 2.10. The van der Waals surface area contributed by atoms with Crippen LogP contribution in [0.2, 0.25) is 0 Å². The molecule has 0 unspecified atom stereocenters. The van der Waals surface area contributed by atoms with E-state index >= 15 is 0 Å². The second kappa shape index (κ2) is 5.17. The Hall–Kier alpha value is -0.610. The number of pyridine rings is 1. The van der Waals surface area contributed by atoms with Gasteiger partial charge < -0.3 is 4.90 Å². The van der Waals surface area contributed by atoms with Crippen LogP contribution in [-0.4, -0.2) is 42.6 Å². The fourth-order valence-corrected chi connectivity index (χ4v) is 3.28. The molecule has 2 fully saturated rings. The quantitative estimate of drug-likeness (QED) is 0.856. The Balaban J connectivity index is 1.60. The van der Waals surface area contributed by atoms with Crippen LogP contribution < -0.4 is 4.90 Å². The Labute approximate surface area is 117 Å². The third kappa shape index (κ3) is 2.86. The molecule has 0 aromatic carbocycles. The largest absolute Gasteiger partial charge is 0.353 e. The number of piperazine rings is 1. The van der Waals surface area contributed by atoms with Crippen molar-refractivity contribution in [1.29, 1.82) is 0 Å². The van der Waals surface area contributed by atoms with Crippen molar-refractivity contribution < 1.29 is 0 Å². The lowest BCUT2D eigenvalue weighted by atomic mass is 10.2. The summed E-state index contributed by atoms with van der Waals surface area (Å²) in [6.45, 7) is 7.95. The molecule has 0 radical (unpaired) electrons. The Kier molecular flexibility index (Phi) is 3.57. The molecule has 18 heavy (non-hydrogen) atoms. The summed E-state index contributed by atoms with van der Waals surface area (Å²) < 4.78 is 1.12. The predicted octanol–water partition coefficient (Wildman–Crippen LogP) is 2.68. The molecule has 1 aromatic heterocycles. The maximum atomic E-state index is 4.56. The van der Waals surface area contributed by atoms with Gasteiger partial charge in [0.2, 0.25) is 0 Å². The van der Waals surface area contributed by atoms with Crippen molar-refractivity contribution in [1.82, 2.24) is 9.88 Å². The first-order chi connectivity index (χ1) is 8.72. The molecule has 1 aliphatic heterocycles. The number of aromatic nitrogens is 1. The van der Waals surface area contributed by atoms with Crippen LogP contribution in [0.5, 0.6) is 0 Å². The number of halogens is 1. The standard InChI is InChI=1S/C14H20BrN3/c1-11-8-13(15)14(16-9-11)18-6-4-17(5-7-18)10-12-2-3-12/h8-9,12H,2-7,10H2,1H3. The highest BCUT2D eigenvalue weighted by Crippen LogP contribution is 2.30. The van der Waals surface area contributed by atoms with Crippen LogP contribution >= 0.6 is 15.9 Å². The maximum Gasteiger partial charge on any atom is 0.142 e. The van der Waals surface area contributed by atoms with Crippen molar-refractivity contribution in [2.45, 2.75) is 19.8 Å². The van der Waals surface area contributed by atoms with Crippen molar-refractivity contribution >= 4 is 21.7 Å². The van der Waals surface area contributed by atoms with Gasteiger partial charge in [0, 0.05) is 38.9 Å². The molecule has 0 bridgehead atoms. The lowest BCUT2D eigenvalue weighted by Crippen LogP contribution is -2.47. The second-order valence-corrected chi connectivity index (χ2v) is 6.40. The highest BCUT2D eigenvalue weighted by atomic mass is 79.9. The fourth-order valence-electron chi connectivity index (χ4n) is 2.57. The van der Waals surface area contributed by atoms with Crippen LogP contribution in [0.15, 0.2) is 16.7 Å². The van der Waals surface area contributed by atoms with Crippen LogP contribution in [0.1, 0.15) is 18.4 Å². The van der Waals surface area contributed by atoms with E-state index in [4.69, 9.17) is 0 Å². The molecule has 3 rings (SSSR count). The highest BCUT2D eigenvalue weighted by molar-refractivity contribution is 9.10. The van der Waals surface area contributed by atoms with Crippen molar-refractivity contribution in [3.8, 4) is 0 Å². The Morgan fingerprint density at radius 1 is 1.28 bits per heavy atom. The second-order valence-electron chi connectivity index (χ2n) is 5.55. The molecule has 3 nitrogen and oxygen atoms in total. The molecule has 2 heterocycles. The zero-order valence-electron chi connectivity index (χ0n) is 10.9. The summed E-state index contributed by atoms with van der Waals surface area (Å²) in [6, 6.07) is 2.15. The minimum atomic E-state index is 1.00. The SMILES string of the molecule is Cc1cnc(N2CCN(CC3CC3)CC2)c(Br)c1. The van der Waals surface area contributed by atoms with Gasteiger partial charge in [0.1, 0.15) is 5.82 Å². The summed E-state index contributed by atoms with van der Waals surface area (Å²) in [4.78, 5) is 9.56. The molecule has 1 aliphatic carbocycles. The molecular weight excluding hydrogens is 290 g/mol. The van der Waals surface area contributed by atoms with E-state index in [1.165, 1.54) is 38.0 Å². The number of nitrogens with zero attached hydrogens (tertiary/aromatic N) is 3. The first-order valence-electron chi connectivity index (χ1n) is 6.82. The van der Waals surface area contributed by atoms with Crippen molar-refractivity contribution in [3.05, 3.63) is 22.3 Å². The zero-order valence-corrected chi connectivity index (χ0v) is 12.5. The van der Waals surface area contributed by atoms with Crippen LogP contribution in [0.3, 0.4) is 0 Å². The number of aryl methyl sites for hydroxylation is 1. The summed E-state index contributed by atoms with van der Waals surface area (Å²) in [7, 11) is 0. The molecule has 0 amide bonds. The van der Waals surface area contributed by atoms with Crippen molar-refractivity contribution in [3.63, 3.8) is 0 Å². The summed E-state index contributed by atoms with van der Waals surface area (Å²) in [5, 5.41) is 0. The van der Waals surface area contributed by atoms with Gasteiger partial charge in [-0.25, -0.2) is 4.98 Å². The topological polar surface area (TPSA) is 19.4 Å². The smallest absolute Gasteiger partial charge is 0.142 e. The van der Waals surface area contributed by atoms with E-state index in [1.807, 2.05) is 6.20 Å². The average Bonchev–Trinajstić information content (AvgIpc) is 3.15. The molecule has 1 saturated carbocycles. The van der Waals surface area contributed by atoms with Gasteiger partial charge in [-0.1, -0.05) is 0 Å². The van der Waals surface area contributed by atoms with E-state index in [-0.39, 0.29) is 0 Å². The maximum absolute atomic E-state index is 4.56. The van der Waals surface area contributed by atoms with Crippen LogP contribution in [0.4, 0.5) is 5.82 Å². The molecular formula is C14H20BrN3. The van der Waals surface area contributed by atoms with Gasteiger partial charge >= 0.3 is 0 Å². The van der Waals surface area contributed by atoms with E-state index in [9.17, 15) is 0 Å². The lowest BCUT2D eigenvalue weighted by Gasteiger charge is -2.35. The summed E-state index contributed by atoms with van der Waals surface area (Å²) in [6.07, 6.45) is 4.85. The van der Waals surface area contributed by atoms with Crippen LogP contribution in [0, 0.1) is 12.8 Å². The Morgan fingerprint density at radius 2 is 2.00 bits per heavy atom. The first-order valence-corrected chi connectivity index (χ1v) is 7.61.